The lowest BCUT2D eigenvalue weighted by Crippen LogP contribution is -2.43. The molecule has 1 fully saturated rings. The Morgan fingerprint density at radius 3 is 2.80 bits per heavy atom. The van der Waals surface area contributed by atoms with E-state index in [1.165, 1.54) is 12.8 Å². The molecular formula is C16H28N2O2. The van der Waals surface area contributed by atoms with Gasteiger partial charge in [-0.15, -0.1) is 0 Å². The van der Waals surface area contributed by atoms with Crippen LogP contribution in [0.15, 0.2) is 12.2 Å². The third-order valence-electron chi connectivity index (χ3n) is 4.44. The van der Waals surface area contributed by atoms with Crippen LogP contribution in [0, 0.1) is 11.8 Å². The van der Waals surface area contributed by atoms with Crippen LogP contribution >= 0.6 is 0 Å². The molecule has 1 saturated heterocycles. The molecule has 20 heavy (non-hydrogen) atoms. The molecule has 0 bridgehead atoms. The number of rotatable bonds is 6. The predicted octanol–water partition coefficient (Wildman–Crippen LogP) is 1.55. The molecule has 2 N–H and O–H groups in total. The zero-order chi connectivity index (χ0) is 14.4. The van der Waals surface area contributed by atoms with E-state index in [1.54, 1.807) is 0 Å². The van der Waals surface area contributed by atoms with Crippen LogP contribution in [0.25, 0.3) is 0 Å². The summed E-state index contributed by atoms with van der Waals surface area (Å²) in [5.41, 5.74) is 0. The molecule has 0 aromatic carbocycles. The lowest BCUT2D eigenvalue weighted by molar-refractivity contribution is -0.122. The van der Waals surface area contributed by atoms with E-state index in [0.29, 0.717) is 25.4 Å². The van der Waals surface area contributed by atoms with E-state index in [2.05, 4.69) is 29.3 Å². The van der Waals surface area contributed by atoms with E-state index < -0.39 is 6.10 Å². The Hall–Kier alpha value is -0.870. The molecule has 4 nitrogen and oxygen atoms in total. The molecule has 1 amide bonds. The number of amides is 1. The summed E-state index contributed by atoms with van der Waals surface area (Å²) in [4.78, 5) is 14.1. The second-order valence-corrected chi connectivity index (χ2v) is 6.41. The van der Waals surface area contributed by atoms with Crippen molar-refractivity contribution in [3.8, 4) is 0 Å². The maximum absolute atomic E-state index is 11.8. The minimum Gasteiger partial charge on any atom is -0.390 e. The van der Waals surface area contributed by atoms with Crippen molar-refractivity contribution in [2.45, 2.75) is 45.1 Å². The largest absolute Gasteiger partial charge is 0.390 e. The molecule has 1 heterocycles. The average molecular weight is 280 g/mol. The SMILES string of the molecule is CC1CCN(CC(O)CNC(=O)CC2C=CCC2)CC1. The standard InChI is InChI=1S/C16H28N2O2/c1-13-6-8-18(9-7-13)12-15(19)11-17-16(20)10-14-4-2-3-5-14/h2,4,13-15,19H,3,5-12H2,1H3,(H,17,20). The van der Waals surface area contributed by atoms with Crippen molar-refractivity contribution < 1.29 is 9.90 Å². The van der Waals surface area contributed by atoms with Gasteiger partial charge in [-0.05, 0) is 50.6 Å². The first kappa shape index (κ1) is 15.5. The van der Waals surface area contributed by atoms with E-state index in [-0.39, 0.29) is 5.91 Å². The maximum atomic E-state index is 11.8. The second-order valence-electron chi connectivity index (χ2n) is 6.41. The third kappa shape index (κ3) is 5.25. The van der Waals surface area contributed by atoms with E-state index >= 15 is 0 Å². The summed E-state index contributed by atoms with van der Waals surface area (Å²) >= 11 is 0. The Morgan fingerprint density at radius 2 is 2.15 bits per heavy atom. The maximum Gasteiger partial charge on any atom is 0.220 e. The molecule has 0 saturated carbocycles. The fourth-order valence-electron chi connectivity index (χ4n) is 3.01. The summed E-state index contributed by atoms with van der Waals surface area (Å²) in [6, 6.07) is 0. The molecular weight excluding hydrogens is 252 g/mol. The first-order valence-corrected chi connectivity index (χ1v) is 7.97. The number of aliphatic hydroxyl groups excluding tert-OH is 1. The molecule has 2 rings (SSSR count). The fourth-order valence-corrected chi connectivity index (χ4v) is 3.01. The number of likely N-dealkylation sites (tertiary alicyclic amines) is 1. The van der Waals surface area contributed by atoms with Crippen LogP contribution in [0.3, 0.4) is 0 Å². The van der Waals surface area contributed by atoms with Gasteiger partial charge in [-0.2, -0.15) is 0 Å². The van der Waals surface area contributed by atoms with Crippen LogP contribution in [0.2, 0.25) is 0 Å². The topological polar surface area (TPSA) is 52.6 Å². The number of hydrogen-bond acceptors (Lipinski definition) is 3. The summed E-state index contributed by atoms with van der Waals surface area (Å²) in [5.74, 6) is 1.27. The number of nitrogens with zero attached hydrogens (tertiary/aromatic N) is 1. The molecule has 114 valence electrons. The molecule has 2 aliphatic rings. The molecule has 2 unspecified atom stereocenters. The average Bonchev–Trinajstić information content (AvgIpc) is 2.92. The van der Waals surface area contributed by atoms with Crippen molar-refractivity contribution in [2.24, 2.45) is 11.8 Å². The van der Waals surface area contributed by atoms with Crippen LogP contribution < -0.4 is 5.32 Å². The Bertz CT molecular complexity index is 335. The lowest BCUT2D eigenvalue weighted by Gasteiger charge is -2.31. The number of β-amino-alcohol motifs (C(OH)–C–C–N with tert-alkyl or cyclic N) is 1. The highest BCUT2D eigenvalue weighted by Crippen LogP contribution is 2.20. The lowest BCUT2D eigenvalue weighted by atomic mass is 9.99. The van der Waals surface area contributed by atoms with Gasteiger partial charge in [0, 0.05) is 19.5 Å². The molecule has 1 aliphatic carbocycles. The van der Waals surface area contributed by atoms with Gasteiger partial charge in [0.05, 0.1) is 6.10 Å². The van der Waals surface area contributed by atoms with E-state index in [1.807, 2.05) is 0 Å². The van der Waals surface area contributed by atoms with Gasteiger partial charge in [0.1, 0.15) is 0 Å². The molecule has 0 spiro atoms. The third-order valence-corrected chi connectivity index (χ3v) is 4.44. The van der Waals surface area contributed by atoms with E-state index in [0.717, 1.165) is 31.8 Å². The summed E-state index contributed by atoms with van der Waals surface area (Å²) in [5, 5.41) is 12.9. The van der Waals surface area contributed by atoms with Crippen molar-refractivity contribution >= 4 is 5.91 Å². The number of hydrogen-bond donors (Lipinski definition) is 2. The van der Waals surface area contributed by atoms with Gasteiger partial charge < -0.3 is 15.3 Å². The van der Waals surface area contributed by atoms with Crippen LogP contribution in [-0.2, 0) is 4.79 Å². The highest BCUT2D eigenvalue weighted by molar-refractivity contribution is 5.76. The van der Waals surface area contributed by atoms with Crippen molar-refractivity contribution in [1.82, 2.24) is 10.2 Å². The van der Waals surface area contributed by atoms with Crippen LogP contribution in [-0.4, -0.2) is 48.2 Å². The summed E-state index contributed by atoms with van der Waals surface area (Å²) in [6.45, 7) is 5.47. The van der Waals surface area contributed by atoms with Crippen LogP contribution in [0.5, 0.6) is 0 Å². The summed E-state index contributed by atoms with van der Waals surface area (Å²) in [7, 11) is 0. The number of aliphatic hydroxyl groups is 1. The second kappa shape index (κ2) is 7.79. The first-order valence-electron chi connectivity index (χ1n) is 7.97. The smallest absolute Gasteiger partial charge is 0.220 e. The highest BCUT2D eigenvalue weighted by atomic mass is 16.3. The van der Waals surface area contributed by atoms with Gasteiger partial charge in [0.15, 0.2) is 0 Å². The Labute approximate surface area is 122 Å². The normalized spacial score (nSPS) is 25.8. The zero-order valence-electron chi connectivity index (χ0n) is 12.6. The van der Waals surface area contributed by atoms with Crippen molar-refractivity contribution in [3.05, 3.63) is 12.2 Å². The van der Waals surface area contributed by atoms with Crippen LogP contribution in [0.1, 0.15) is 39.0 Å². The summed E-state index contributed by atoms with van der Waals surface area (Å²) in [6.07, 6.45) is 8.99. The summed E-state index contributed by atoms with van der Waals surface area (Å²) < 4.78 is 0. The first-order chi connectivity index (χ1) is 9.63. The van der Waals surface area contributed by atoms with E-state index in [9.17, 15) is 9.90 Å². The zero-order valence-corrected chi connectivity index (χ0v) is 12.6. The predicted molar refractivity (Wildman–Crippen MR) is 80.3 cm³/mol. The number of carbonyl (C=O) groups is 1. The Kier molecular flexibility index (Phi) is 6.05. The number of carbonyl (C=O) groups excluding carboxylic acids is 1. The van der Waals surface area contributed by atoms with Gasteiger partial charge in [-0.1, -0.05) is 19.1 Å². The quantitative estimate of drug-likeness (QED) is 0.726. The highest BCUT2D eigenvalue weighted by Gasteiger charge is 2.19. The Balaban J connectivity index is 1.58. The Morgan fingerprint density at radius 1 is 1.40 bits per heavy atom. The molecule has 2 atom stereocenters. The van der Waals surface area contributed by atoms with Crippen LogP contribution in [0.4, 0.5) is 0 Å². The van der Waals surface area contributed by atoms with Gasteiger partial charge >= 0.3 is 0 Å². The minimum atomic E-state index is -0.452. The van der Waals surface area contributed by atoms with Crippen molar-refractivity contribution in [2.75, 3.05) is 26.2 Å². The molecule has 0 aromatic rings. The number of allylic oxidation sites excluding steroid dienone is 2. The fraction of sp³-hybridized carbons (Fsp3) is 0.812. The minimum absolute atomic E-state index is 0.0628. The number of piperidine rings is 1. The molecule has 0 radical (unpaired) electrons. The van der Waals surface area contributed by atoms with E-state index in [4.69, 9.17) is 0 Å². The van der Waals surface area contributed by atoms with Gasteiger partial charge in [0.25, 0.3) is 0 Å². The van der Waals surface area contributed by atoms with Gasteiger partial charge in [-0.3, -0.25) is 4.79 Å². The molecule has 1 aliphatic heterocycles. The monoisotopic (exact) mass is 280 g/mol. The van der Waals surface area contributed by atoms with Crippen molar-refractivity contribution in [1.29, 1.82) is 0 Å². The van der Waals surface area contributed by atoms with Gasteiger partial charge in [0.2, 0.25) is 5.91 Å². The van der Waals surface area contributed by atoms with Gasteiger partial charge in [-0.25, -0.2) is 0 Å². The molecule has 4 heteroatoms. The van der Waals surface area contributed by atoms with Crippen molar-refractivity contribution in [3.63, 3.8) is 0 Å². The number of nitrogens with one attached hydrogen (secondary N) is 1. The molecule has 0 aromatic heterocycles.